The van der Waals surface area contributed by atoms with E-state index >= 15 is 0 Å². The summed E-state index contributed by atoms with van der Waals surface area (Å²) in [5.74, 6) is 0. The van der Waals surface area contributed by atoms with Gasteiger partial charge in [0, 0.05) is 25.0 Å². The van der Waals surface area contributed by atoms with Gasteiger partial charge in [-0.1, -0.05) is 76.8 Å². The first kappa shape index (κ1) is 20.4. The van der Waals surface area contributed by atoms with Gasteiger partial charge in [-0.15, -0.1) is 0 Å². The molecule has 0 fully saturated rings. The molecule has 132 valence electrons. The van der Waals surface area contributed by atoms with Crippen LogP contribution in [-0.4, -0.2) is 28.6 Å². The molecule has 0 aliphatic heterocycles. The highest BCUT2D eigenvalue weighted by Gasteiger charge is 2.43. The summed E-state index contributed by atoms with van der Waals surface area (Å²) in [7, 11) is -2.78. The van der Waals surface area contributed by atoms with Gasteiger partial charge in [0.1, 0.15) is 0 Å². The summed E-state index contributed by atoms with van der Waals surface area (Å²) in [6, 6.07) is 10.2. The molecule has 0 bridgehead atoms. The molecule has 0 spiro atoms. The van der Waals surface area contributed by atoms with E-state index < -0.39 is 8.80 Å². The average molecular weight is 339 g/mol. The number of unbranched alkanes of at least 4 members (excludes halogenated alkanes) is 4. The van der Waals surface area contributed by atoms with Crippen molar-refractivity contribution in [2.75, 3.05) is 19.8 Å². The quantitative estimate of drug-likeness (QED) is 0.364. The predicted molar refractivity (Wildman–Crippen MR) is 99.0 cm³/mol. The van der Waals surface area contributed by atoms with Crippen molar-refractivity contribution < 1.29 is 13.3 Å². The van der Waals surface area contributed by atoms with Crippen LogP contribution >= 0.6 is 0 Å². The third-order valence-corrected chi connectivity index (χ3v) is 6.45. The van der Waals surface area contributed by atoms with Crippen LogP contribution in [0.3, 0.4) is 0 Å². The molecule has 1 aromatic rings. The first-order valence-electron chi connectivity index (χ1n) is 9.26. The molecule has 0 saturated heterocycles. The van der Waals surface area contributed by atoms with Gasteiger partial charge < -0.3 is 13.3 Å². The van der Waals surface area contributed by atoms with Gasteiger partial charge in [-0.05, 0) is 19.3 Å². The predicted octanol–water partition coefficient (Wildman–Crippen LogP) is 4.67. The smallest absolute Gasteiger partial charge is 0.370 e. The maximum absolute atomic E-state index is 6.29. The van der Waals surface area contributed by atoms with E-state index in [1.807, 2.05) is 18.2 Å². The second-order valence-electron chi connectivity index (χ2n) is 5.88. The van der Waals surface area contributed by atoms with Crippen molar-refractivity contribution in [3.8, 4) is 0 Å². The summed E-state index contributed by atoms with van der Waals surface area (Å²) in [5, 5.41) is 1.08. The molecule has 0 aromatic heterocycles. The van der Waals surface area contributed by atoms with Crippen LogP contribution in [0.1, 0.15) is 65.7 Å². The molecule has 0 saturated carbocycles. The van der Waals surface area contributed by atoms with Crippen molar-refractivity contribution >= 4 is 14.0 Å². The molecule has 0 heterocycles. The van der Waals surface area contributed by atoms with E-state index in [9.17, 15) is 0 Å². The van der Waals surface area contributed by atoms with Crippen molar-refractivity contribution in [3.05, 3.63) is 30.3 Å². The molecule has 0 amide bonds. The highest BCUT2D eigenvalue weighted by Crippen LogP contribution is 2.14. The summed E-state index contributed by atoms with van der Waals surface area (Å²) in [6.07, 6.45) is 8.09. The molecule has 0 aliphatic carbocycles. The lowest BCUT2D eigenvalue weighted by atomic mass is 10.2. The van der Waals surface area contributed by atoms with Crippen LogP contribution in [0, 0.1) is 0 Å². The van der Waals surface area contributed by atoms with Crippen molar-refractivity contribution in [2.24, 2.45) is 0 Å². The molecule has 0 radical (unpaired) electrons. The average Bonchev–Trinajstić information content (AvgIpc) is 2.60. The SMILES string of the molecule is CCCCCCCO[Si](OCCC)(OCCC)c1ccccc1. The van der Waals surface area contributed by atoms with Crippen LogP contribution in [0.2, 0.25) is 0 Å². The fourth-order valence-electron chi connectivity index (χ4n) is 2.40. The van der Waals surface area contributed by atoms with Gasteiger partial charge in [-0.2, -0.15) is 0 Å². The Morgan fingerprint density at radius 2 is 1.22 bits per heavy atom. The summed E-state index contributed by atoms with van der Waals surface area (Å²) < 4.78 is 18.7. The van der Waals surface area contributed by atoms with Crippen LogP contribution in [0.4, 0.5) is 0 Å². The van der Waals surface area contributed by atoms with Crippen molar-refractivity contribution in [1.82, 2.24) is 0 Å². The Labute approximate surface area is 143 Å². The third kappa shape index (κ3) is 7.62. The Morgan fingerprint density at radius 1 is 0.652 bits per heavy atom. The van der Waals surface area contributed by atoms with E-state index in [2.05, 4.69) is 32.9 Å². The maximum Gasteiger partial charge on any atom is 0.537 e. The van der Waals surface area contributed by atoms with E-state index in [4.69, 9.17) is 13.3 Å². The minimum absolute atomic E-state index is 0.681. The third-order valence-electron chi connectivity index (χ3n) is 3.66. The van der Waals surface area contributed by atoms with Gasteiger partial charge in [0.2, 0.25) is 0 Å². The van der Waals surface area contributed by atoms with Crippen molar-refractivity contribution in [1.29, 1.82) is 0 Å². The Hall–Kier alpha value is -0.683. The minimum Gasteiger partial charge on any atom is -0.370 e. The van der Waals surface area contributed by atoms with Crippen LogP contribution in [0.15, 0.2) is 30.3 Å². The zero-order valence-electron chi connectivity index (χ0n) is 15.2. The Morgan fingerprint density at radius 3 is 1.78 bits per heavy atom. The molecule has 0 N–H and O–H groups in total. The summed E-state index contributed by atoms with van der Waals surface area (Å²) in [4.78, 5) is 0. The van der Waals surface area contributed by atoms with Gasteiger partial charge in [-0.3, -0.25) is 0 Å². The van der Waals surface area contributed by atoms with Crippen LogP contribution in [0.5, 0.6) is 0 Å². The second kappa shape index (κ2) is 12.7. The molecular formula is C19H34O3Si. The van der Waals surface area contributed by atoms with Gasteiger partial charge in [-0.25, -0.2) is 0 Å². The lowest BCUT2D eigenvalue weighted by Gasteiger charge is -2.30. The second-order valence-corrected chi connectivity index (χ2v) is 8.44. The standard InChI is InChI=1S/C19H34O3Si/c1-4-7-8-9-13-18-22-23(20-16-5-2,21-17-6-3)19-14-11-10-12-15-19/h10-12,14-15H,4-9,13,16-18H2,1-3H3. The molecule has 0 atom stereocenters. The summed E-state index contributed by atoms with van der Waals surface area (Å²) in [6.45, 7) is 8.56. The number of hydrogen-bond donors (Lipinski definition) is 0. The molecular weight excluding hydrogens is 304 g/mol. The molecule has 3 nitrogen and oxygen atoms in total. The van der Waals surface area contributed by atoms with Crippen molar-refractivity contribution in [2.45, 2.75) is 65.7 Å². The molecule has 4 heteroatoms. The largest absolute Gasteiger partial charge is 0.537 e. The number of benzene rings is 1. The normalized spacial score (nSPS) is 11.8. The Kier molecular flexibility index (Phi) is 11.2. The van der Waals surface area contributed by atoms with Crippen LogP contribution in [0.25, 0.3) is 0 Å². The topological polar surface area (TPSA) is 27.7 Å². The molecule has 23 heavy (non-hydrogen) atoms. The summed E-state index contributed by atoms with van der Waals surface area (Å²) >= 11 is 0. The molecule has 1 aromatic carbocycles. The highest BCUT2D eigenvalue weighted by atomic mass is 28.4. The lowest BCUT2D eigenvalue weighted by molar-refractivity contribution is 0.0717. The van der Waals surface area contributed by atoms with E-state index in [0.717, 1.165) is 31.1 Å². The monoisotopic (exact) mass is 338 g/mol. The zero-order valence-corrected chi connectivity index (χ0v) is 16.2. The highest BCUT2D eigenvalue weighted by molar-refractivity contribution is 6.75. The fourth-order valence-corrected chi connectivity index (χ4v) is 5.11. The van der Waals surface area contributed by atoms with Gasteiger partial charge >= 0.3 is 8.80 Å². The first-order chi connectivity index (χ1) is 11.3. The van der Waals surface area contributed by atoms with E-state index in [0.29, 0.717) is 13.2 Å². The number of rotatable bonds is 14. The van der Waals surface area contributed by atoms with Gasteiger partial charge in [0.25, 0.3) is 0 Å². The minimum atomic E-state index is -2.78. The van der Waals surface area contributed by atoms with E-state index in [-0.39, 0.29) is 0 Å². The number of hydrogen-bond acceptors (Lipinski definition) is 3. The van der Waals surface area contributed by atoms with Gasteiger partial charge in [0.05, 0.1) is 0 Å². The molecule has 1 rings (SSSR count). The molecule has 0 aliphatic rings. The summed E-state index contributed by atoms with van der Waals surface area (Å²) in [5.41, 5.74) is 0. The van der Waals surface area contributed by atoms with Crippen molar-refractivity contribution in [3.63, 3.8) is 0 Å². The molecule has 0 unspecified atom stereocenters. The zero-order chi connectivity index (χ0) is 16.8. The van der Waals surface area contributed by atoms with Gasteiger partial charge in [0.15, 0.2) is 0 Å². The Bertz CT molecular complexity index is 375. The first-order valence-corrected chi connectivity index (χ1v) is 11.0. The maximum atomic E-state index is 6.29. The Balaban J connectivity index is 2.71. The van der Waals surface area contributed by atoms with Crippen LogP contribution < -0.4 is 5.19 Å². The van der Waals surface area contributed by atoms with Crippen LogP contribution in [-0.2, 0) is 13.3 Å². The lowest BCUT2D eigenvalue weighted by Crippen LogP contribution is -2.57. The van der Waals surface area contributed by atoms with E-state index in [1.54, 1.807) is 0 Å². The fraction of sp³-hybridized carbons (Fsp3) is 0.684. The van der Waals surface area contributed by atoms with E-state index in [1.165, 1.54) is 25.7 Å².